The largest absolute Gasteiger partial charge is 0.487 e. The van der Waals surface area contributed by atoms with Crippen LogP contribution in [0.25, 0.3) is 0 Å². The van der Waals surface area contributed by atoms with Gasteiger partial charge in [-0.3, -0.25) is 0 Å². The summed E-state index contributed by atoms with van der Waals surface area (Å²) in [5, 5.41) is 0. The van der Waals surface area contributed by atoms with Crippen molar-refractivity contribution in [2.75, 3.05) is 0 Å². The second-order valence-electron chi connectivity index (χ2n) is 4.16. The molecule has 0 aliphatic rings. The van der Waals surface area contributed by atoms with Crippen molar-refractivity contribution in [3.8, 4) is 5.75 Å². The van der Waals surface area contributed by atoms with Gasteiger partial charge in [-0.05, 0) is 38.0 Å². The maximum atomic E-state index is 5.84. The molecular formula is C14H18N2O. The third-order valence-electron chi connectivity index (χ3n) is 3.07. The summed E-state index contributed by atoms with van der Waals surface area (Å²) in [6.07, 6.45) is 3.69. The highest BCUT2D eigenvalue weighted by Crippen LogP contribution is 2.21. The van der Waals surface area contributed by atoms with Crippen LogP contribution in [0.5, 0.6) is 5.75 Å². The fraction of sp³-hybridized carbons (Fsp3) is 0.357. The zero-order chi connectivity index (χ0) is 12.3. The predicted octanol–water partition coefficient (Wildman–Crippen LogP) is 3.10. The number of rotatable bonds is 4. The van der Waals surface area contributed by atoms with Crippen molar-refractivity contribution in [3.63, 3.8) is 0 Å². The third kappa shape index (κ3) is 2.49. The molecule has 0 bridgehead atoms. The number of imidazole rings is 1. The maximum absolute atomic E-state index is 5.84. The monoisotopic (exact) mass is 230 g/mol. The van der Waals surface area contributed by atoms with Gasteiger partial charge in [0.1, 0.15) is 12.4 Å². The van der Waals surface area contributed by atoms with E-state index in [4.69, 9.17) is 4.74 Å². The molecule has 2 aromatic rings. The number of aryl methyl sites for hydroxylation is 2. The summed E-state index contributed by atoms with van der Waals surface area (Å²) in [7, 11) is 0. The lowest BCUT2D eigenvalue weighted by atomic mass is 10.1. The molecule has 0 saturated heterocycles. The Hall–Kier alpha value is -1.77. The fourth-order valence-corrected chi connectivity index (χ4v) is 1.79. The highest BCUT2D eigenvalue weighted by atomic mass is 16.5. The lowest BCUT2D eigenvalue weighted by molar-refractivity contribution is 0.293. The van der Waals surface area contributed by atoms with Crippen LogP contribution in [-0.4, -0.2) is 9.55 Å². The van der Waals surface area contributed by atoms with Gasteiger partial charge in [-0.1, -0.05) is 12.1 Å². The molecule has 0 unspecified atom stereocenters. The first-order valence-corrected chi connectivity index (χ1v) is 5.90. The van der Waals surface area contributed by atoms with Crippen LogP contribution in [0.4, 0.5) is 0 Å². The Balaban J connectivity index is 2.10. The smallest absolute Gasteiger partial charge is 0.130 e. The summed E-state index contributed by atoms with van der Waals surface area (Å²) < 4.78 is 7.93. The number of hydrogen-bond acceptors (Lipinski definition) is 2. The van der Waals surface area contributed by atoms with Crippen LogP contribution in [0.2, 0.25) is 0 Å². The van der Waals surface area contributed by atoms with E-state index in [1.807, 2.05) is 24.7 Å². The Labute approximate surface area is 102 Å². The number of benzene rings is 1. The zero-order valence-corrected chi connectivity index (χ0v) is 10.6. The molecule has 2 rings (SSSR count). The molecule has 0 radical (unpaired) electrons. The molecule has 1 heterocycles. The van der Waals surface area contributed by atoms with Gasteiger partial charge in [-0.25, -0.2) is 4.98 Å². The Morgan fingerprint density at radius 2 is 2.12 bits per heavy atom. The summed E-state index contributed by atoms with van der Waals surface area (Å²) in [5.74, 6) is 0.953. The summed E-state index contributed by atoms with van der Waals surface area (Å²) in [6.45, 7) is 7.77. The fourth-order valence-electron chi connectivity index (χ4n) is 1.79. The summed E-state index contributed by atoms with van der Waals surface area (Å²) >= 11 is 0. The summed E-state index contributed by atoms with van der Waals surface area (Å²) in [5.41, 5.74) is 3.56. The molecule has 0 amide bonds. The van der Waals surface area contributed by atoms with Gasteiger partial charge in [0.25, 0.3) is 0 Å². The Morgan fingerprint density at radius 1 is 1.29 bits per heavy atom. The van der Waals surface area contributed by atoms with Crippen LogP contribution in [0, 0.1) is 13.8 Å². The molecule has 1 aromatic carbocycles. The van der Waals surface area contributed by atoms with Crippen LogP contribution in [0.1, 0.15) is 23.7 Å². The second-order valence-corrected chi connectivity index (χ2v) is 4.16. The van der Waals surface area contributed by atoms with E-state index in [0.717, 1.165) is 18.0 Å². The van der Waals surface area contributed by atoms with Gasteiger partial charge >= 0.3 is 0 Å². The highest BCUT2D eigenvalue weighted by Gasteiger charge is 2.04. The number of nitrogens with zero attached hydrogens (tertiary/aromatic N) is 2. The average Bonchev–Trinajstić information content (AvgIpc) is 2.78. The molecule has 17 heavy (non-hydrogen) atoms. The van der Waals surface area contributed by atoms with E-state index in [1.165, 1.54) is 11.1 Å². The van der Waals surface area contributed by atoms with Crippen molar-refractivity contribution in [1.82, 2.24) is 9.55 Å². The van der Waals surface area contributed by atoms with Crippen LogP contribution in [0.3, 0.4) is 0 Å². The predicted molar refractivity (Wildman–Crippen MR) is 68.1 cm³/mol. The van der Waals surface area contributed by atoms with Crippen LogP contribution in [-0.2, 0) is 13.2 Å². The van der Waals surface area contributed by atoms with Crippen molar-refractivity contribution in [1.29, 1.82) is 0 Å². The quantitative estimate of drug-likeness (QED) is 0.807. The standard InChI is InChI=1S/C14H18N2O/c1-4-16-10-15-8-13(16)9-17-14-7-5-6-11(2)12(14)3/h5-8,10H,4,9H2,1-3H3. The van der Waals surface area contributed by atoms with E-state index in [9.17, 15) is 0 Å². The normalized spacial score (nSPS) is 10.5. The van der Waals surface area contributed by atoms with Gasteiger partial charge in [0, 0.05) is 6.54 Å². The van der Waals surface area contributed by atoms with Gasteiger partial charge in [-0.15, -0.1) is 0 Å². The lowest BCUT2D eigenvalue weighted by Gasteiger charge is -2.11. The lowest BCUT2D eigenvalue weighted by Crippen LogP contribution is -2.04. The van der Waals surface area contributed by atoms with E-state index in [1.54, 1.807) is 0 Å². The van der Waals surface area contributed by atoms with Crippen molar-refractivity contribution < 1.29 is 4.74 Å². The first-order chi connectivity index (χ1) is 8.22. The molecule has 0 aliphatic carbocycles. The second kappa shape index (κ2) is 5.04. The topological polar surface area (TPSA) is 27.1 Å². The van der Waals surface area contributed by atoms with Crippen LogP contribution in [0.15, 0.2) is 30.7 Å². The summed E-state index contributed by atoms with van der Waals surface area (Å²) in [6, 6.07) is 6.13. The summed E-state index contributed by atoms with van der Waals surface area (Å²) in [4.78, 5) is 4.13. The van der Waals surface area contributed by atoms with Gasteiger partial charge < -0.3 is 9.30 Å². The minimum Gasteiger partial charge on any atom is -0.487 e. The van der Waals surface area contributed by atoms with Crippen LogP contribution < -0.4 is 4.74 Å². The van der Waals surface area contributed by atoms with Crippen molar-refractivity contribution in [2.45, 2.75) is 33.9 Å². The first-order valence-electron chi connectivity index (χ1n) is 5.90. The molecule has 0 atom stereocenters. The van der Waals surface area contributed by atoms with E-state index in [-0.39, 0.29) is 0 Å². The van der Waals surface area contributed by atoms with E-state index < -0.39 is 0 Å². The third-order valence-corrected chi connectivity index (χ3v) is 3.07. The van der Waals surface area contributed by atoms with Crippen molar-refractivity contribution in [3.05, 3.63) is 47.5 Å². The average molecular weight is 230 g/mol. The molecule has 0 N–H and O–H groups in total. The molecule has 0 fully saturated rings. The van der Waals surface area contributed by atoms with Gasteiger partial charge in [-0.2, -0.15) is 0 Å². The number of ether oxygens (including phenoxy) is 1. The minimum absolute atomic E-state index is 0.568. The van der Waals surface area contributed by atoms with Crippen molar-refractivity contribution in [2.24, 2.45) is 0 Å². The molecule has 90 valence electrons. The molecule has 1 aromatic heterocycles. The Morgan fingerprint density at radius 3 is 2.88 bits per heavy atom. The minimum atomic E-state index is 0.568. The van der Waals surface area contributed by atoms with E-state index in [2.05, 4.69) is 36.4 Å². The Kier molecular flexibility index (Phi) is 3.47. The Bertz CT molecular complexity index is 503. The molecule has 0 spiro atoms. The molecule has 0 saturated carbocycles. The molecular weight excluding hydrogens is 212 g/mol. The first kappa shape index (κ1) is 11.7. The molecule has 3 nitrogen and oxygen atoms in total. The maximum Gasteiger partial charge on any atom is 0.130 e. The number of aromatic nitrogens is 2. The van der Waals surface area contributed by atoms with Crippen molar-refractivity contribution >= 4 is 0 Å². The van der Waals surface area contributed by atoms with E-state index in [0.29, 0.717) is 6.61 Å². The molecule has 0 aliphatic heterocycles. The molecule has 3 heteroatoms. The highest BCUT2D eigenvalue weighted by molar-refractivity contribution is 5.38. The van der Waals surface area contributed by atoms with Gasteiger partial charge in [0.2, 0.25) is 0 Å². The van der Waals surface area contributed by atoms with E-state index >= 15 is 0 Å². The van der Waals surface area contributed by atoms with Crippen LogP contribution >= 0.6 is 0 Å². The zero-order valence-electron chi connectivity index (χ0n) is 10.6. The van der Waals surface area contributed by atoms with Gasteiger partial charge in [0.05, 0.1) is 18.2 Å². The SMILES string of the molecule is CCn1cncc1COc1cccc(C)c1C. The number of hydrogen-bond donors (Lipinski definition) is 0. The van der Waals surface area contributed by atoms with Gasteiger partial charge in [0.15, 0.2) is 0 Å².